The summed E-state index contributed by atoms with van der Waals surface area (Å²) in [4.78, 5) is 41.1. The molecular weight excluding hydrogens is 388 g/mol. The molecule has 1 atom stereocenters. The Morgan fingerprint density at radius 2 is 1.60 bits per heavy atom. The first-order valence-corrected chi connectivity index (χ1v) is 9.06. The minimum Gasteiger partial charge on any atom is -0.455 e. The van der Waals surface area contributed by atoms with E-state index in [4.69, 9.17) is 20.9 Å². The SMILES string of the molecule is C[C@@H](C(=O)OCC(=O)N(C)C)c1ccc(OC(=O)c2ccc(N=C(N)N)cc2)cc1. The Kier molecular flexibility index (Phi) is 7.51. The first-order chi connectivity index (χ1) is 14.2. The number of guanidine groups is 1. The van der Waals surface area contributed by atoms with Crippen LogP contribution in [-0.4, -0.2) is 49.4 Å². The molecule has 0 saturated heterocycles. The van der Waals surface area contributed by atoms with Crippen molar-refractivity contribution in [1.82, 2.24) is 4.90 Å². The Labute approximate surface area is 174 Å². The summed E-state index contributed by atoms with van der Waals surface area (Å²) in [6.45, 7) is 1.36. The van der Waals surface area contributed by atoms with Crippen molar-refractivity contribution >= 4 is 29.5 Å². The average molecular weight is 412 g/mol. The number of amides is 1. The molecule has 0 aromatic heterocycles. The topological polar surface area (TPSA) is 137 Å². The third kappa shape index (κ3) is 6.33. The number of nitrogens with zero attached hydrogens (tertiary/aromatic N) is 2. The fraction of sp³-hybridized carbons (Fsp3) is 0.238. The van der Waals surface area contributed by atoms with Crippen molar-refractivity contribution in [3.63, 3.8) is 0 Å². The molecule has 0 aliphatic heterocycles. The normalized spacial score (nSPS) is 11.2. The van der Waals surface area contributed by atoms with Crippen LogP contribution in [0.25, 0.3) is 0 Å². The predicted molar refractivity (Wildman–Crippen MR) is 111 cm³/mol. The molecule has 0 unspecified atom stereocenters. The first-order valence-electron chi connectivity index (χ1n) is 9.06. The van der Waals surface area contributed by atoms with Gasteiger partial charge in [0.25, 0.3) is 5.91 Å². The Morgan fingerprint density at radius 1 is 1.00 bits per heavy atom. The lowest BCUT2D eigenvalue weighted by molar-refractivity contribution is -0.152. The quantitative estimate of drug-likeness (QED) is 0.304. The highest BCUT2D eigenvalue weighted by Gasteiger charge is 2.19. The molecular formula is C21H24N4O5. The van der Waals surface area contributed by atoms with Gasteiger partial charge in [-0.3, -0.25) is 9.59 Å². The molecule has 9 nitrogen and oxygen atoms in total. The van der Waals surface area contributed by atoms with Gasteiger partial charge in [0.2, 0.25) is 0 Å². The number of aliphatic imine (C=N–C) groups is 1. The molecule has 1 amide bonds. The van der Waals surface area contributed by atoms with Crippen molar-refractivity contribution in [2.24, 2.45) is 16.5 Å². The number of rotatable bonds is 7. The van der Waals surface area contributed by atoms with Crippen LogP contribution in [0.4, 0.5) is 5.69 Å². The van der Waals surface area contributed by atoms with Crippen LogP contribution in [-0.2, 0) is 14.3 Å². The summed E-state index contributed by atoms with van der Waals surface area (Å²) in [6.07, 6.45) is 0. The largest absolute Gasteiger partial charge is 0.455 e. The van der Waals surface area contributed by atoms with E-state index in [0.29, 0.717) is 22.6 Å². The Morgan fingerprint density at radius 3 is 2.13 bits per heavy atom. The smallest absolute Gasteiger partial charge is 0.343 e. The minimum absolute atomic E-state index is 0.0761. The van der Waals surface area contributed by atoms with Crippen LogP contribution in [0, 0.1) is 0 Å². The second-order valence-corrected chi connectivity index (χ2v) is 6.66. The van der Waals surface area contributed by atoms with E-state index in [1.165, 1.54) is 4.90 Å². The molecule has 2 aromatic carbocycles. The predicted octanol–water partition coefficient (Wildman–Crippen LogP) is 1.55. The summed E-state index contributed by atoms with van der Waals surface area (Å²) in [5.74, 6) is -1.70. The van der Waals surface area contributed by atoms with Crippen LogP contribution in [0.5, 0.6) is 5.75 Å². The van der Waals surface area contributed by atoms with E-state index in [2.05, 4.69) is 4.99 Å². The van der Waals surface area contributed by atoms with Gasteiger partial charge in [0.15, 0.2) is 12.6 Å². The standard InChI is InChI=1S/C21H24N4O5/c1-13(19(27)29-12-18(26)25(2)3)14-6-10-17(11-7-14)30-20(28)15-4-8-16(9-5-15)24-21(22)23/h4-11,13H,12H2,1-3H3,(H4,22,23,24)/t13-/m1/s1. The maximum Gasteiger partial charge on any atom is 0.343 e. The van der Waals surface area contributed by atoms with Gasteiger partial charge in [-0.15, -0.1) is 0 Å². The Hall–Kier alpha value is -3.88. The van der Waals surface area contributed by atoms with E-state index in [-0.39, 0.29) is 18.5 Å². The van der Waals surface area contributed by atoms with E-state index < -0.39 is 17.9 Å². The molecule has 4 N–H and O–H groups in total. The second-order valence-electron chi connectivity index (χ2n) is 6.66. The minimum atomic E-state index is -0.576. The van der Waals surface area contributed by atoms with Crippen molar-refractivity contribution in [2.75, 3.05) is 20.7 Å². The van der Waals surface area contributed by atoms with Crippen LogP contribution in [0.1, 0.15) is 28.8 Å². The third-order valence-corrected chi connectivity index (χ3v) is 4.14. The third-order valence-electron chi connectivity index (χ3n) is 4.14. The molecule has 158 valence electrons. The van der Waals surface area contributed by atoms with E-state index in [1.807, 2.05) is 0 Å². The van der Waals surface area contributed by atoms with Crippen molar-refractivity contribution in [3.05, 3.63) is 59.7 Å². The number of benzene rings is 2. The lowest BCUT2D eigenvalue weighted by atomic mass is 10.0. The zero-order valence-corrected chi connectivity index (χ0v) is 17.0. The number of carbonyl (C=O) groups excluding carboxylic acids is 3. The summed E-state index contributed by atoms with van der Waals surface area (Å²) >= 11 is 0. The van der Waals surface area contributed by atoms with Crippen molar-refractivity contribution < 1.29 is 23.9 Å². The van der Waals surface area contributed by atoms with Gasteiger partial charge in [-0.25, -0.2) is 9.79 Å². The molecule has 2 aromatic rings. The van der Waals surface area contributed by atoms with Crippen molar-refractivity contribution in [3.8, 4) is 5.75 Å². The molecule has 0 saturated carbocycles. The molecule has 0 aliphatic carbocycles. The molecule has 0 spiro atoms. The molecule has 9 heteroatoms. The zero-order chi connectivity index (χ0) is 22.3. The zero-order valence-electron chi connectivity index (χ0n) is 17.0. The van der Waals surface area contributed by atoms with Crippen molar-refractivity contribution in [2.45, 2.75) is 12.8 Å². The maximum atomic E-state index is 12.3. The number of hydrogen-bond donors (Lipinski definition) is 2. The summed E-state index contributed by atoms with van der Waals surface area (Å²) in [5, 5.41) is 0. The highest BCUT2D eigenvalue weighted by Crippen LogP contribution is 2.22. The first kappa shape index (κ1) is 22.4. The van der Waals surface area contributed by atoms with Crippen LogP contribution in [0.15, 0.2) is 53.5 Å². The number of carbonyl (C=O) groups is 3. The lowest BCUT2D eigenvalue weighted by Crippen LogP contribution is -2.28. The summed E-state index contributed by atoms with van der Waals surface area (Å²) in [5.41, 5.74) is 12.1. The van der Waals surface area contributed by atoms with Gasteiger partial charge in [0, 0.05) is 14.1 Å². The number of esters is 2. The van der Waals surface area contributed by atoms with E-state index >= 15 is 0 Å². The van der Waals surface area contributed by atoms with Crippen LogP contribution in [0.2, 0.25) is 0 Å². The molecule has 2 rings (SSSR count). The van der Waals surface area contributed by atoms with Gasteiger partial charge in [-0.05, 0) is 48.9 Å². The fourth-order valence-electron chi connectivity index (χ4n) is 2.33. The highest BCUT2D eigenvalue weighted by molar-refractivity contribution is 5.91. The van der Waals surface area contributed by atoms with Gasteiger partial charge in [-0.1, -0.05) is 12.1 Å². The summed E-state index contributed by atoms with van der Waals surface area (Å²) < 4.78 is 10.4. The number of hydrogen-bond acceptors (Lipinski definition) is 6. The summed E-state index contributed by atoms with van der Waals surface area (Å²) in [7, 11) is 3.16. The second kappa shape index (κ2) is 10.1. The van der Waals surface area contributed by atoms with Gasteiger partial charge < -0.3 is 25.8 Å². The molecule has 30 heavy (non-hydrogen) atoms. The molecule has 0 aliphatic rings. The number of nitrogens with two attached hydrogens (primary N) is 2. The van der Waals surface area contributed by atoms with Gasteiger partial charge in [0.1, 0.15) is 5.75 Å². The maximum absolute atomic E-state index is 12.3. The lowest BCUT2D eigenvalue weighted by Gasteiger charge is -2.14. The molecule has 0 heterocycles. The molecule has 0 bridgehead atoms. The molecule has 0 fully saturated rings. The van der Waals surface area contributed by atoms with E-state index in [1.54, 1.807) is 69.6 Å². The summed E-state index contributed by atoms with van der Waals surface area (Å²) in [6, 6.07) is 12.7. The van der Waals surface area contributed by atoms with Gasteiger partial charge >= 0.3 is 11.9 Å². The van der Waals surface area contributed by atoms with Gasteiger partial charge in [-0.2, -0.15) is 0 Å². The molecule has 0 radical (unpaired) electrons. The van der Waals surface area contributed by atoms with Crippen LogP contribution < -0.4 is 16.2 Å². The van der Waals surface area contributed by atoms with E-state index in [9.17, 15) is 14.4 Å². The highest BCUT2D eigenvalue weighted by atomic mass is 16.5. The fourth-order valence-corrected chi connectivity index (χ4v) is 2.33. The van der Waals surface area contributed by atoms with Gasteiger partial charge in [0.05, 0.1) is 17.2 Å². The number of likely N-dealkylation sites (N-methyl/N-ethyl adjacent to an activating group) is 1. The van der Waals surface area contributed by atoms with Crippen LogP contribution in [0.3, 0.4) is 0 Å². The van der Waals surface area contributed by atoms with Crippen molar-refractivity contribution in [1.29, 1.82) is 0 Å². The number of ether oxygens (including phenoxy) is 2. The van der Waals surface area contributed by atoms with E-state index in [0.717, 1.165) is 0 Å². The Bertz CT molecular complexity index is 933. The average Bonchev–Trinajstić information content (AvgIpc) is 2.71. The van der Waals surface area contributed by atoms with Crippen LogP contribution >= 0.6 is 0 Å². The Balaban J connectivity index is 1.96. The monoisotopic (exact) mass is 412 g/mol.